The van der Waals surface area contributed by atoms with E-state index < -0.39 is 28.2 Å². The van der Waals surface area contributed by atoms with Crippen LogP contribution >= 0.6 is 22.9 Å². The number of halogens is 4. The lowest BCUT2D eigenvalue weighted by molar-refractivity contribution is -0.134. The van der Waals surface area contributed by atoms with Gasteiger partial charge in [-0.25, -0.2) is 4.98 Å². The number of aromatic nitrogens is 1. The third kappa shape index (κ3) is 4.85. The Balaban J connectivity index is 2.36. The maximum Gasteiger partial charge on any atom is 0.428 e. The average molecular weight is 378 g/mol. The molecule has 4 nitrogen and oxygen atoms in total. The molecule has 0 aliphatic carbocycles. The van der Waals surface area contributed by atoms with Crippen molar-refractivity contribution in [2.75, 3.05) is 5.32 Å². The fourth-order valence-electron chi connectivity index (χ4n) is 1.81. The fourth-order valence-corrected chi connectivity index (χ4v) is 2.85. The number of carbonyl (C=O) groups is 1. The number of nitrogens with one attached hydrogen (secondary N) is 2. The van der Waals surface area contributed by atoms with Gasteiger partial charge in [0.1, 0.15) is 4.88 Å². The van der Waals surface area contributed by atoms with Crippen LogP contribution in [0.15, 0.2) is 24.3 Å². The number of carbonyl (C=O) groups excluding carboxylic acids is 1. The number of anilines is 2. The molecule has 0 atom stereocenters. The molecule has 0 aliphatic rings. The van der Waals surface area contributed by atoms with Crippen molar-refractivity contribution in [3.05, 3.63) is 39.9 Å². The Morgan fingerprint density at radius 2 is 1.92 bits per heavy atom. The zero-order chi connectivity index (χ0) is 18.1. The second kappa shape index (κ2) is 6.60. The van der Waals surface area contributed by atoms with Gasteiger partial charge in [0.05, 0.1) is 0 Å². The second-order valence-corrected chi connectivity index (χ2v) is 7.47. The molecule has 1 amide bonds. The molecule has 1 aromatic heterocycles. The second-order valence-electron chi connectivity index (χ2n) is 6.03. The Morgan fingerprint density at radius 3 is 2.46 bits per heavy atom. The molecule has 1 heterocycles. The zero-order valence-electron chi connectivity index (χ0n) is 13.1. The minimum absolute atomic E-state index is 0.0383. The standard InChI is InChI=1S/C15H15ClF3N3OS/c1-14(2,3)22-12(23)10-11(15(17,18)19)24-13(21-10)20-9-6-4-5-8(16)7-9/h4-7H,1-3H3,(H,20,21)(H,22,23). The molecule has 0 unspecified atom stereocenters. The Kier molecular flexibility index (Phi) is 5.10. The van der Waals surface area contributed by atoms with E-state index in [1.54, 1.807) is 45.0 Å². The highest BCUT2D eigenvalue weighted by molar-refractivity contribution is 7.16. The SMILES string of the molecule is CC(C)(C)NC(=O)c1nc(Nc2cccc(Cl)c2)sc1C(F)(F)F. The number of benzene rings is 1. The smallest absolute Gasteiger partial charge is 0.346 e. The van der Waals surface area contributed by atoms with Gasteiger partial charge in [0.2, 0.25) is 0 Å². The lowest BCUT2D eigenvalue weighted by atomic mass is 10.1. The molecule has 0 aliphatic heterocycles. The summed E-state index contributed by atoms with van der Waals surface area (Å²) >= 11 is 6.21. The van der Waals surface area contributed by atoms with Crippen molar-refractivity contribution in [1.82, 2.24) is 10.3 Å². The van der Waals surface area contributed by atoms with E-state index in [-0.39, 0.29) is 5.13 Å². The first-order chi connectivity index (χ1) is 11.0. The number of thiazole rings is 1. The van der Waals surface area contributed by atoms with Crippen LogP contribution in [-0.2, 0) is 6.18 Å². The quantitative estimate of drug-likeness (QED) is 0.783. The summed E-state index contributed by atoms with van der Waals surface area (Å²) in [7, 11) is 0. The van der Waals surface area contributed by atoms with Gasteiger partial charge in [0.15, 0.2) is 10.8 Å². The van der Waals surface area contributed by atoms with Crippen molar-refractivity contribution in [3.63, 3.8) is 0 Å². The summed E-state index contributed by atoms with van der Waals surface area (Å²) in [6.45, 7) is 5.03. The van der Waals surface area contributed by atoms with E-state index in [1.165, 1.54) is 0 Å². The van der Waals surface area contributed by atoms with Crippen LogP contribution < -0.4 is 10.6 Å². The fraction of sp³-hybridized carbons (Fsp3) is 0.333. The van der Waals surface area contributed by atoms with Crippen LogP contribution in [0.4, 0.5) is 24.0 Å². The third-order valence-electron chi connectivity index (χ3n) is 2.66. The Labute approximate surface area is 146 Å². The number of hydrogen-bond acceptors (Lipinski definition) is 4. The van der Waals surface area contributed by atoms with Gasteiger partial charge in [0.25, 0.3) is 5.91 Å². The first-order valence-electron chi connectivity index (χ1n) is 6.89. The van der Waals surface area contributed by atoms with E-state index in [1.807, 2.05) is 0 Å². The molecule has 2 aromatic rings. The maximum atomic E-state index is 13.2. The molecular weight excluding hydrogens is 363 g/mol. The van der Waals surface area contributed by atoms with E-state index in [9.17, 15) is 18.0 Å². The third-order valence-corrected chi connectivity index (χ3v) is 3.91. The van der Waals surface area contributed by atoms with Crippen molar-refractivity contribution in [3.8, 4) is 0 Å². The van der Waals surface area contributed by atoms with Gasteiger partial charge in [-0.05, 0) is 39.0 Å². The molecule has 2 N–H and O–H groups in total. The van der Waals surface area contributed by atoms with Gasteiger partial charge in [-0.3, -0.25) is 4.79 Å². The van der Waals surface area contributed by atoms with Crippen LogP contribution in [-0.4, -0.2) is 16.4 Å². The van der Waals surface area contributed by atoms with Gasteiger partial charge in [-0.2, -0.15) is 13.2 Å². The minimum atomic E-state index is -4.67. The molecule has 0 spiro atoms. The summed E-state index contributed by atoms with van der Waals surface area (Å²) in [6.07, 6.45) is -4.67. The molecule has 9 heteroatoms. The number of nitrogens with zero attached hydrogens (tertiary/aromatic N) is 1. The van der Waals surface area contributed by atoms with Gasteiger partial charge in [0, 0.05) is 16.2 Å². The van der Waals surface area contributed by atoms with Crippen molar-refractivity contribution >= 4 is 39.7 Å². The molecule has 24 heavy (non-hydrogen) atoms. The zero-order valence-corrected chi connectivity index (χ0v) is 14.7. The highest BCUT2D eigenvalue weighted by atomic mass is 35.5. The van der Waals surface area contributed by atoms with Crippen molar-refractivity contribution < 1.29 is 18.0 Å². The van der Waals surface area contributed by atoms with E-state index in [0.29, 0.717) is 22.0 Å². The first kappa shape index (κ1) is 18.5. The van der Waals surface area contributed by atoms with Crippen LogP contribution in [0.2, 0.25) is 5.02 Å². The highest BCUT2D eigenvalue weighted by Gasteiger charge is 2.40. The van der Waals surface area contributed by atoms with Crippen LogP contribution in [0.1, 0.15) is 36.1 Å². The summed E-state index contributed by atoms with van der Waals surface area (Å²) in [5, 5.41) is 5.62. The normalized spacial score (nSPS) is 12.1. The minimum Gasteiger partial charge on any atom is -0.346 e. The van der Waals surface area contributed by atoms with Gasteiger partial charge >= 0.3 is 6.18 Å². The average Bonchev–Trinajstić information content (AvgIpc) is 2.80. The van der Waals surface area contributed by atoms with Crippen LogP contribution in [0.3, 0.4) is 0 Å². The number of alkyl halides is 3. The van der Waals surface area contributed by atoms with Crippen molar-refractivity contribution in [2.24, 2.45) is 0 Å². The summed E-state index contributed by atoms with van der Waals surface area (Å²) in [4.78, 5) is 14.9. The van der Waals surface area contributed by atoms with E-state index in [4.69, 9.17) is 11.6 Å². The summed E-state index contributed by atoms with van der Waals surface area (Å²) in [5.74, 6) is -0.870. The number of amides is 1. The summed E-state index contributed by atoms with van der Waals surface area (Å²) in [5.41, 5.74) is -0.843. The van der Waals surface area contributed by atoms with Gasteiger partial charge in [-0.1, -0.05) is 29.0 Å². The molecule has 0 fully saturated rings. The lowest BCUT2D eigenvalue weighted by Crippen LogP contribution is -2.41. The highest BCUT2D eigenvalue weighted by Crippen LogP contribution is 2.39. The van der Waals surface area contributed by atoms with E-state index in [2.05, 4.69) is 15.6 Å². The molecule has 0 saturated heterocycles. The first-order valence-corrected chi connectivity index (χ1v) is 8.08. The largest absolute Gasteiger partial charge is 0.428 e. The maximum absolute atomic E-state index is 13.2. The molecule has 0 saturated carbocycles. The molecule has 0 bridgehead atoms. The van der Waals surface area contributed by atoms with Crippen molar-refractivity contribution in [1.29, 1.82) is 0 Å². The predicted molar refractivity (Wildman–Crippen MR) is 89.1 cm³/mol. The topological polar surface area (TPSA) is 54.0 Å². The van der Waals surface area contributed by atoms with Gasteiger partial charge in [-0.15, -0.1) is 0 Å². The monoisotopic (exact) mass is 377 g/mol. The number of rotatable bonds is 3. The lowest BCUT2D eigenvalue weighted by Gasteiger charge is -2.20. The Hall–Kier alpha value is -1.80. The Bertz CT molecular complexity index is 753. The molecule has 1 aromatic carbocycles. The van der Waals surface area contributed by atoms with Crippen molar-refractivity contribution in [2.45, 2.75) is 32.5 Å². The summed E-state index contributed by atoms with van der Waals surface area (Å²) < 4.78 is 39.6. The molecule has 130 valence electrons. The van der Waals surface area contributed by atoms with Crippen LogP contribution in [0.25, 0.3) is 0 Å². The predicted octanol–water partition coefficient (Wildman–Crippen LogP) is 5.09. The Morgan fingerprint density at radius 1 is 1.25 bits per heavy atom. The van der Waals surface area contributed by atoms with Crippen LogP contribution in [0.5, 0.6) is 0 Å². The molecular formula is C15H15ClF3N3OS. The summed E-state index contributed by atoms with van der Waals surface area (Å²) in [6, 6.07) is 6.47. The van der Waals surface area contributed by atoms with Gasteiger partial charge < -0.3 is 10.6 Å². The van der Waals surface area contributed by atoms with E-state index in [0.717, 1.165) is 0 Å². The molecule has 0 radical (unpaired) electrons. The number of hydrogen-bond donors (Lipinski definition) is 2. The van der Waals surface area contributed by atoms with E-state index >= 15 is 0 Å². The van der Waals surface area contributed by atoms with Crippen LogP contribution in [0, 0.1) is 0 Å². The molecule has 2 rings (SSSR count).